The lowest BCUT2D eigenvalue weighted by Crippen LogP contribution is -2.49. The van der Waals surface area contributed by atoms with Crippen molar-refractivity contribution < 1.29 is 19.4 Å². The fourth-order valence-electron chi connectivity index (χ4n) is 2.66. The Morgan fingerprint density at radius 3 is 2.61 bits per heavy atom. The molecule has 128 valence electrons. The van der Waals surface area contributed by atoms with Crippen LogP contribution in [0.1, 0.15) is 17.3 Å². The average Bonchev–Trinajstić information content (AvgIpc) is 2.60. The highest BCUT2D eigenvalue weighted by molar-refractivity contribution is 5.89. The van der Waals surface area contributed by atoms with Crippen LogP contribution in [0.25, 0.3) is 0 Å². The second-order valence-electron chi connectivity index (χ2n) is 5.72. The Morgan fingerprint density at radius 1 is 1.26 bits per heavy atom. The van der Waals surface area contributed by atoms with E-state index in [1.165, 1.54) is 7.11 Å². The molecule has 1 aromatic carbocycles. The first kappa shape index (κ1) is 17.7. The van der Waals surface area contributed by atoms with Gasteiger partial charge in [0.05, 0.1) is 12.7 Å². The molecule has 1 atom stereocenters. The van der Waals surface area contributed by atoms with Crippen LogP contribution in [0.2, 0.25) is 0 Å². The van der Waals surface area contributed by atoms with Gasteiger partial charge < -0.3 is 19.5 Å². The highest BCUT2D eigenvalue weighted by Crippen LogP contribution is 2.14. The number of hydrogen-bond donors (Lipinski definition) is 1. The predicted molar refractivity (Wildman–Crippen MR) is 87.8 cm³/mol. The molecule has 0 saturated carbocycles. The number of hydrogen-bond acceptors (Lipinski definition) is 6. The van der Waals surface area contributed by atoms with Gasteiger partial charge in [0, 0.05) is 32.7 Å². The maximum Gasteiger partial charge on any atom is 0.337 e. The number of likely N-dealkylation sites (N-methyl/N-ethyl adjacent to an activating group) is 1. The van der Waals surface area contributed by atoms with E-state index in [4.69, 9.17) is 4.74 Å². The first-order valence-corrected chi connectivity index (χ1v) is 8.06. The summed E-state index contributed by atoms with van der Waals surface area (Å²) in [6.45, 7) is 8.10. The maximum absolute atomic E-state index is 11.5. The molecule has 1 heterocycles. The van der Waals surface area contributed by atoms with E-state index in [9.17, 15) is 9.90 Å². The van der Waals surface area contributed by atoms with Gasteiger partial charge in [0.15, 0.2) is 0 Å². The lowest BCUT2D eigenvalue weighted by atomic mass is 10.2. The van der Waals surface area contributed by atoms with E-state index < -0.39 is 12.1 Å². The van der Waals surface area contributed by atoms with Gasteiger partial charge >= 0.3 is 5.97 Å². The average molecular weight is 322 g/mol. The number of esters is 1. The zero-order valence-electron chi connectivity index (χ0n) is 13.9. The van der Waals surface area contributed by atoms with Crippen molar-refractivity contribution in [1.82, 2.24) is 9.80 Å². The van der Waals surface area contributed by atoms with Crippen molar-refractivity contribution in [3.63, 3.8) is 0 Å². The minimum atomic E-state index is -0.551. The van der Waals surface area contributed by atoms with Crippen molar-refractivity contribution in [1.29, 1.82) is 0 Å². The SMILES string of the molecule is CCN1CCN(C[C@@H](O)COc2cccc(C(=O)OC)c2)CC1. The van der Waals surface area contributed by atoms with Crippen LogP contribution in [0.4, 0.5) is 0 Å². The highest BCUT2D eigenvalue weighted by Gasteiger charge is 2.18. The van der Waals surface area contributed by atoms with Crippen LogP contribution in [0.15, 0.2) is 24.3 Å². The van der Waals surface area contributed by atoms with Crippen molar-refractivity contribution in [2.45, 2.75) is 13.0 Å². The van der Waals surface area contributed by atoms with Crippen molar-refractivity contribution >= 4 is 5.97 Å². The Morgan fingerprint density at radius 2 is 1.96 bits per heavy atom. The van der Waals surface area contributed by atoms with Crippen molar-refractivity contribution in [2.75, 3.05) is 53.0 Å². The third-order valence-electron chi connectivity index (χ3n) is 4.08. The third kappa shape index (κ3) is 5.49. The number of nitrogens with zero attached hydrogens (tertiary/aromatic N) is 2. The summed E-state index contributed by atoms with van der Waals surface area (Å²) in [5, 5.41) is 10.1. The summed E-state index contributed by atoms with van der Waals surface area (Å²) in [4.78, 5) is 16.1. The molecule has 0 spiro atoms. The first-order chi connectivity index (χ1) is 11.1. The highest BCUT2D eigenvalue weighted by atomic mass is 16.5. The number of rotatable bonds is 7. The van der Waals surface area contributed by atoms with Crippen molar-refractivity contribution in [3.8, 4) is 5.75 Å². The Labute approximate surface area is 137 Å². The van der Waals surface area contributed by atoms with Gasteiger partial charge in [0.25, 0.3) is 0 Å². The maximum atomic E-state index is 11.5. The zero-order chi connectivity index (χ0) is 16.7. The molecule has 0 unspecified atom stereocenters. The number of methoxy groups -OCH3 is 1. The molecule has 1 aliphatic rings. The molecule has 0 amide bonds. The minimum Gasteiger partial charge on any atom is -0.491 e. The largest absolute Gasteiger partial charge is 0.491 e. The van der Waals surface area contributed by atoms with Gasteiger partial charge in [0.2, 0.25) is 0 Å². The number of piperazine rings is 1. The van der Waals surface area contributed by atoms with Crippen molar-refractivity contribution in [3.05, 3.63) is 29.8 Å². The number of carbonyl (C=O) groups excluding carboxylic acids is 1. The molecule has 6 heteroatoms. The van der Waals surface area contributed by atoms with E-state index >= 15 is 0 Å². The molecular formula is C17H26N2O4. The van der Waals surface area contributed by atoms with Crippen LogP contribution < -0.4 is 4.74 Å². The number of ether oxygens (including phenoxy) is 2. The van der Waals surface area contributed by atoms with Gasteiger partial charge in [-0.25, -0.2) is 4.79 Å². The fourth-order valence-corrected chi connectivity index (χ4v) is 2.66. The van der Waals surface area contributed by atoms with Crippen molar-refractivity contribution in [2.24, 2.45) is 0 Å². The predicted octanol–water partition coefficient (Wildman–Crippen LogP) is 0.850. The molecule has 0 aliphatic carbocycles. The van der Waals surface area contributed by atoms with Gasteiger partial charge in [-0.3, -0.25) is 4.90 Å². The van der Waals surface area contributed by atoms with Crippen LogP contribution in [0, 0.1) is 0 Å². The number of β-amino-alcohol motifs (C(OH)–C–C–N with tert-alkyl or cyclic N) is 1. The summed E-state index contributed by atoms with van der Waals surface area (Å²) < 4.78 is 10.3. The number of aliphatic hydroxyl groups is 1. The Hall–Kier alpha value is -1.63. The minimum absolute atomic E-state index is 0.207. The van der Waals surface area contributed by atoms with Gasteiger partial charge in [-0.15, -0.1) is 0 Å². The molecule has 1 aromatic rings. The molecule has 1 aliphatic heterocycles. The fraction of sp³-hybridized carbons (Fsp3) is 0.588. The molecule has 0 bridgehead atoms. The summed E-state index contributed by atoms with van der Waals surface area (Å²) >= 11 is 0. The monoisotopic (exact) mass is 322 g/mol. The standard InChI is InChI=1S/C17H26N2O4/c1-3-18-7-9-19(10-8-18)12-15(20)13-23-16-6-4-5-14(11-16)17(21)22-2/h4-6,11,15,20H,3,7-10,12-13H2,1-2H3/t15-/m1/s1. The van der Waals surface area contributed by atoms with E-state index in [0.717, 1.165) is 32.7 Å². The number of carbonyl (C=O) groups is 1. The molecule has 0 aromatic heterocycles. The van der Waals surface area contributed by atoms with E-state index in [-0.39, 0.29) is 6.61 Å². The topological polar surface area (TPSA) is 62.2 Å². The molecule has 1 saturated heterocycles. The normalized spacial score (nSPS) is 17.7. The van der Waals surface area contributed by atoms with E-state index in [2.05, 4.69) is 21.5 Å². The van der Waals surface area contributed by atoms with Crippen LogP contribution in [0.3, 0.4) is 0 Å². The first-order valence-electron chi connectivity index (χ1n) is 8.06. The van der Waals surface area contributed by atoms with Crippen LogP contribution >= 0.6 is 0 Å². The smallest absolute Gasteiger partial charge is 0.337 e. The molecule has 2 rings (SSSR count). The summed E-state index contributed by atoms with van der Waals surface area (Å²) in [7, 11) is 1.35. The Balaban J connectivity index is 1.76. The summed E-state index contributed by atoms with van der Waals surface area (Å²) in [6, 6.07) is 6.79. The second-order valence-corrected chi connectivity index (χ2v) is 5.72. The Kier molecular flexibility index (Phi) is 6.83. The third-order valence-corrected chi connectivity index (χ3v) is 4.08. The van der Waals surface area contributed by atoms with Gasteiger partial charge in [-0.1, -0.05) is 13.0 Å². The Bertz CT molecular complexity index is 501. The number of benzene rings is 1. The van der Waals surface area contributed by atoms with E-state index in [0.29, 0.717) is 17.9 Å². The van der Waals surface area contributed by atoms with Gasteiger partial charge in [-0.2, -0.15) is 0 Å². The second kappa shape index (κ2) is 8.86. The van der Waals surface area contributed by atoms with Gasteiger partial charge in [-0.05, 0) is 24.7 Å². The van der Waals surface area contributed by atoms with Crippen LogP contribution in [-0.2, 0) is 4.74 Å². The molecule has 1 N–H and O–H groups in total. The molecule has 1 fully saturated rings. The lowest BCUT2D eigenvalue weighted by Gasteiger charge is -2.34. The number of aliphatic hydroxyl groups excluding tert-OH is 1. The van der Waals surface area contributed by atoms with Crippen LogP contribution in [-0.4, -0.2) is 80.0 Å². The molecule has 23 heavy (non-hydrogen) atoms. The summed E-state index contributed by atoms with van der Waals surface area (Å²) in [5.41, 5.74) is 0.440. The quantitative estimate of drug-likeness (QED) is 0.751. The lowest BCUT2D eigenvalue weighted by molar-refractivity contribution is 0.0470. The molecular weight excluding hydrogens is 296 g/mol. The molecule has 0 radical (unpaired) electrons. The molecule has 6 nitrogen and oxygen atoms in total. The summed E-state index contributed by atoms with van der Waals surface area (Å²) in [5.74, 6) is 0.160. The summed E-state index contributed by atoms with van der Waals surface area (Å²) in [6.07, 6.45) is -0.551. The zero-order valence-corrected chi connectivity index (χ0v) is 13.9. The van der Waals surface area contributed by atoms with Crippen LogP contribution in [0.5, 0.6) is 5.75 Å². The van der Waals surface area contributed by atoms with Gasteiger partial charge in [0.1, 0.15) is 18.5 Å². The van der Waals surface area contributed by atoms with E-state index in [1.807, 2.05) is 0 Å². The van der Waals surface area contributed by atoms with E-state index in [1.54, 1.807) is 24.3 Å².